The number of carbonyl (C=O) groups is 1. The Hall–Kier alpha value is -2.55. The van der Waals surface area contributed by atoms with Gasteiger partial charge in [0.05, 0.1) is 11.9 Å². The van der Waals surface area contributed by atoms with Crippen LogP contribution in [0, 0.1) is 6.92 Å². The monoisotopic (exact) mass is 304 g/mol. The van der Waals surface area contributed by atoms with Crippen molar-refractivity contribution in [2.75, 3.05) is 5.32 Å². The summed E-state index contributed by atoms with van der Waals surface area (Å²) in [5, 5.41) is 7.73. The van der Waals surface area contributed by atoms with Gasteiger partial charge < -0.3 is 5.32 Å². The molecule has 3 heterocycles. The van der Waals surface area contributed by atoms with E-state index >= 15 is 0 Å². The molecule has 0 radical (unpaired) electrons. The number of fused-ring (bicyclic) bond motifs is 1. The van der Waals surface area contributed by atoms with E-state index in [0.717, 1.165) is 5.69 Å². The largest absolute Gasteiger partial charge is 0.315 e. The van der Waals surface area contributed by atoms with Gasteiger partial charge in [-0.1, -0.05) is 0 Å². The summed E-state index contributed by atoms with van der Waals surface area (Å²) in [5.74, 6) is -0.300. The molecule has 0 aliphatic carbocycles. The number of nitrogens with zero attached hydrogens (tertiary/aromatic N) is 5. The molecule has 8 nitrogen and oxygen atoms in total. The summed E-state index contributed by atoms with van der Waals surface area (Å²) in [7, 11) is 1.71. The summed E-state index contributed by atoms with van der Waals surface area (Å²) in [6.45, 7) is 1.74. The number of nitrogens with one attached hydrogen (secondary N) is 1. The molecule has 0 bridgehead atoms. The lowest BCUT2D eigenvalue weighted by Gasteiger charge is -2.05. The van der Waals surface area contributed by atoms with E-state index in [9.17, 15) is 9.59 Å². The Kier molecular flexibility index (Phi) is 3.26. The van der Waals surface area contributed by atoms with E-state index in [4.69, 9.17) is 0 Å². The Morgan fingerprint density at radius 1 is 1.48 bits per heavy atom. The SMILES string of the molecule is Cc1cc(NC(=O)Cn2cnc3c(cnn3C)c2=O)sn1. The topological polar surface area (TPSA) is 94.7 Å². The van der Waals surface area contributed by atoms with Crippen molar-refractivity contribution in [3.63, 3.8) is 0 Å². The smallest absolute Gasteiger partial charge is 0.264 e. The lowest BCUT2D eigenvalue weighted by atomic mass is 10.4. The molecule has 0 aromatic carbocycles. The average Bonchev–Trinajstić information content (AvgIpc) is 3.00. The third kappa shape index (κ3) is 2.55. The number of hydrogen-bond acceptors (Lipinski definition) is 6. The van der Waals surface area contributed by atoms with E-state index in [2.05, 4.69) is 19.8 Å². The van der Waals surface area contributed by atoms with Crippen molar-refractivity contribution < 1.29 is 4.79 Å². The van der Waals surface area contributed by atoms with Crippen molar-refractivity contribution in [2.24, 2.45) is 7.05 Å². The highest BCUT2D eigenvalue weighted by atomic mass is 32.1. The first-order chi connectivity index (χ1) is 10.0. The molecule has 9 heteroatoms. The Labute approximate surface area is 123 Å². The third-order valence-corrected chi connectivity index (χ3v) is 3.72. The van der Waals surface area contributed by atoms with E-state index < -0.39 is 0 Å². The molecule has 108 valence electrons. The van der Waals surface area contributed by atoms with E-state index in [1.165, 1.54) is 33.3 Å². The minimum Gasteiger partial charge on any atom is -0.315 e. The van der Waals surface area contributed by atoms with Gasteiger partial charge >= 0.3 is 0 Å². The van der Waals surface area contributed by atoms with E-state index in [-0.39, 0.29) is 18.0 Å². The van der Waals surface area contributed by atoms with Gasteiger partial charge in [0, 0.05) is 7.05 Å². The van der Waals surface area contributed by atoms with Gasteiger partial charge in [-0.25, -0.2) is 4.98 Å². The minimum atomic E-state index is -0.300. The summed E-state index contributed by atoms with van der Waals surface area (Å²) in [6, 6.07) is 1.77. The van der Waals surface area contributed by atoms with Gasteiger partial charge in [0.1, 0.15) is 23.3 Å². The van der Waals surface area contributed by atoms with Crippen molar-refractivity contribution in [3.8, 4) is 0 Å². The Bertz CT molecular complexity index is 877. The maximum Gasteiger partial charge on any atom is 0.264 e. The first-order valence-corrected chi connectivity index (χ1v) is 6.92. The van der Waals surface area contributed by atoms with Crippen molar-refractivity contribution in [3.05, 3.63) is 34.6 Å². The second-order valence-electron chi connectivity index (χ2n) is 4.56. The van der Waals surface area contributed by atoms with Gasteiger partial charge in [-0.2, -0.15) is 9.47 Å². The van der Waals surface area contributed by atoms with Gasteiger partial charge in [-0.05, 0) is 24.5 Å². The molecular formula is C12H12N6O2S. The van der Waals surface area contributed by atoms with Crippen LogP contribution in [0.4, 0.5) is 5.00 Å². The normalized spacial score (nSPS) is 11.0. The molecule has 21 heavy (non-hydrogen) atoms. The summed E-state index contributed by atoms with van der Waals surface area (Å²) in [4.78, 5) is 28.3. The second-order valence-corrected chi connectivity index (χ2v) is 5.37. The van der Waals surface area contributed by atoms with Crippen molar-refractivity contribution in [1.82, 2.24) is 23.7 Å². The van der Waals surface area contributed by atoms with Gasteiger partial charge in [0.2, 0.25) is 5.91 Å². The fourth-order valence-electron chi connectivity index (χ4n) is 1.93. The Morgan fingerprint density at radius 2 is 2.29 bits per heavy atom. The van der Waals surface area contributed by atoms with Crippen LogP contribution in [0.5, 0.6) is 0 Å². The lowest BCUT2D eigenvalue weighted by Crippen LogP contribution is -2.27. The maximum absolute atomic E-state index is 12.2. The molecule has 1 N–H and O–H groups in total. The first-order valence-electron chi connectivity index (χ1n) is 6.15. The summed E-state index contributed by atoms with van der Waals surface area (Å²) in [5.41, 5.74) is 1.05. The molecule has 3 rings (SSSR count). The van der Waals surface area contributed by atoms with Crippen LogP contribution in [0.25, 0.3) is 11.0 Å². The zero-order chi connectivity index (χ0) is 15.0. The fourth-order valence-corrected chi connectivity index (χ4v) is 2.61. The number of aromatic nitrogens is 5. The van der Waals surface area contributed by atoms with Crippen LogP contribution < -0.4 is 10.9 Å². The van der Waals surface area contributed by atoms with Crippen molar-refractivity contribution in [2.45, 2.75) is 13.5 Å². The van der Waals surface area contributed by atoms with Crippen LogP contribution in [0.2, 0.25) is 0 Å². The van der Waals surface area contributed by atoms with Gasteiger partial charge in [0.25, 0.3) is 5.56 Å². The average molecular weight is 304 g/mol. The molecule has 0 fully saturated rings. The van der Waals surface area contributed by atoms with Crippen LogP contribution in [0.15, 0.2) is 23.4 Å². The molecule has 3 aromatic rings. The summed E-state index contributed by atoms with van der Waals surface area (Å²) >= 11 is 1.20. The standard InChI is InChI=1S/C12H12N6O2S/c1-7-3-10(21-16-7)15-9(19)5-18-6-13-11-8(12(18)20)4-14-17(11)2/h3-4,6H,5H2,1-2H3,(H,15,19). The zero-order valence-corrected chi connectivity index (χ0v) is 12.2. The highest BCUT2D eigenvalue weighted by Crippen LogP contribution is 2.15. The molecule has 0 aliphatic rings. The molecule has 0 saturated carbocycles. The molecule has 0 spiro atoms. The fraction of sp³-hybridized carbons (Fsp3) is 0.250. The second kappa shape index (κ2) is 5.09. The van der Waals surface area contributed by atoms with E-state index in [0.29, 0.717) is 16.0 Å². The number of aryl methyl sites for hydroxylation is 2. The van der Waals surface area contributed by atoms with Crippen molar-refractivity contribution in [1.29, 1.82) is 0 Å². The number of hydrogen-bond donors (Lipinski definition) is 1. The molecule has 0 saturated heterocycles. The summed E-state index contributed by atoms with van der Waals surface area (Å²) < 4.78 is 6.85. The lowest BCUT2D eigenvalue weighted by molar-refractivity contribution is -0.116. The number of carbonyl (C=O) groups excluding carboxylic acids is 1. The highest BCUT2D eigenvalue weighted by Gasteiger charge is 2.11. The van der Waals surface area contributed by atoms with Crippen LogP contribution in [-0.4, -0.2) is 29.6 Å². The van der Waals surface area contributed by atoms with E-state index in [1.807, 2.05) is 6.92 Å². The van der Waals surface area contributed by atoms with Crippen molar-refractivity contribution >= 4 is 33.5 Å². The van der Waals surface area contributed by atoms with Gasteiger partial charge in [0.15, 0.2) is 5.65 Å². The Balaban J connectivity index is 1.83. The zero-order valence-electron chi connectivity index (χ0n) is 11.4. The predicted octanol–water partition coefficient (Wildman–Crippen LogP) is 0.534. The molecule has 3 aromatic heterocycles. The van der Waals surface area contributed by atoms with Gasteiger partial charge in [-0.15, -0.1) is 0 Å². The minimum absolute atomic E-state index is 0.104. The number of anilines is 1. The van der Waals surface area contributed by atoms with E-state index in [1.54, 1.807) is 13.1 Å². The maximum atomic E-state index is 12.2. The van der Waals surface area contributed by atoms with Crippen LogP contribution in [0.3, 0.4) is 0 Å². The molecule has 0 unspecified atom stereocenters. The Morgan fingerprint density at radius 3 is 3.00 bits per heavy atom. The molecule has 1 amide bonds. The highest BCUT2D eigenvalue weighted by molar-refractivity contribution is 7.10. The predicted molar refractivity (Wildman–Crippen MR) is 78.2 cm³/mol. The number of amides is 1. The molecule has 0 aliphatic heterocycles. The van der Waals surface area contributed by atoms with Crippen LogP contribution >= 0.6 is 11.5 Å². The third-order valence-electron chi connectivity index (χ3n) is 2.92. The van der Waals surface area contributed by atoms with Gasteiger partial charge in [-0.3, -0.25) is 18.8 Å². The van der Waals surface area contributed by atoms with Crippen LogP contribution in [-0.2, 0) is 18.4 Å². The molecular weight excluding hydrogens is 292 g/mol. The first kappa shape index (κ1) is 13.4. The number of rotatable bonds is 3. The van der Waals surface area contributed by atoms with Crippen LogP contribution in [0.1, 0.15) is 5.69 Å². The summed E-state index contributed by atoms with van der Waals surface area (Å²) in [6.07, 6.45) is 2.80. The quantitative estimate of drug-likeness (QED) is 0.762. The molecule has 0 atom stereocenters.